The van der Waals surface area contributed by atoms with Gasteiger partial charge in [0.15, 0.2) is 11.5 Å². The molecule has 0 aliphatic carbocycles. The molecule has 1 aliphatic rings. The molecule has 15 heavy (non-hydrogen) atoms. The molecule has 0 radical (unpaired) electrons. The van der Waals surface area contributed by atoms with Crippen molar-refractivity contribution >= 4 is 11.6 Å². The van der Waals surface area contributed by atoms with Crippen LogP contribution in [0.15, 0.2) is 6.07 Å². The summed E-state index contributed by atoms with van der Waals surface area (Å²) in [5.41, 5.74) is 1.79. The van der Waals surface area contributed by atoms with E-state index in [4.69, 9.17) is 26.2 Å². The standard InChI is InChI=1S/C11H13ClO3/c1-7-10(12)8(2-3-13)6-9-11(7)15-5-4-14-9/h6,13H,2-5H2,1H3. The Labute approximate surface area is 93.6 Å². The van der Waals surface area contributed by atoms with Gasteiger partial charge in [-0.1, -0.05) is 11.6 Å². The van der Waals surface area contributed by atoms with Crippen molar-refractivity contribution in [3.8, 4) is 11.5 Å². The molecule has 0 atom stereocenters. The molecule has 1 aromatic rings. The molecule has 1 aromatic carbocycles. The summed E-state index contributed by atoms with van der Waals surface area (Å²) >= 11 is 6.16. The van der Waals surface area contributed by atoms with E-state index in [1.165, 1.54) is 0 Å². The van der Waals surface area contributed by atoms with E-state index in [0.29, 0.717) is 24.7 Å². The smallest absolute Gasteiger partial charge is 0.165 e. The van der Waals surface area contributed by atoms with Crippen LogP contribution in [0.25, 0.3) is 0 Å². The Hall–Kier alpha value is -0.930. The SMILES string of the molecule is Cc1c(Cl)c(CCO)cc2c1OCCO2. The lowest BCUT2D eigenvalue weighted by Crippen LogP contribution is -2.16. The molecule has 1 heterocycles. The molecule has 0 unspecified atom stereocenters. The van der Waals surface area contributed by atoms with E-state index in [9.17, 15) is 0 Å². The van der Waals surface area contributed by atoms with Gasteiger partial charge in [0, 0.05) is 12.2 Å². The van der Waals surface area contributed by atoms with E-state index < -0.39 is 0 Å². The van der Waals surface area contributed by atoms with Crippen LogP contribution in [0.2, 0.25) is 5.02 Å². The summed E-state index contributed by atoms with van der Waals surface area (Å²) in [4.78, 5) is 0. The first-order chi connectivity index (χ1) is 7.24. The third kappa shape index (κ3) is 1.90. The Morgan fingerprint density at radius 3 is 2.87 bits per heavy atom. The van der Waals surface area contributed by atoms with E-state index in [0.717, 1.165) is 22.6 Å². The highest BCUT2D eigenvalue weighted by Crippen LogP contribution is 2.39. The summed E-state index contributed by atoms with van der Waals surface area (Å²) < 4.78 is 11.0. The number of fused-ring (bicyclic) bond motifs is 1. The Morgan fingerprint density at radius 1 is 1.40 bits per heavy atom. The molecular weight excluding hydrogens is 216 g/mol. The Kier molecular flexibility index (Phi) is 3.03. The summed E-state index contributed by atoms with van der Waals surface area (Å²) in [5.74, 6) is 1.46. The van der Waals surface area contributed by atoms with Gasteiger partial charge in [-0.15, -0.1) is 0 Å². The molecule has 1 aliphatic heterocycles. The number of aliphatic hydroxyl groups excluding tert-OH is 1. The molecule has 4 heteroatoms. The van der Waals surface area contributed by atoms with Gasteiger partial charge in [0.1, 0.15) is 13.2 Å². The number of benzene rings is 1. The predicted molar refractivity (Wildman–Crippen MR) is 58.0 cm³/mol. The predicted octanol–water partition coefficient (Wildman–Crippen LogP) is 1.95. The summed E-state index contributed by atoms with van der Waals surface area (Å²) in [7, 11) is 0. The largest absolute Gasteiger partial charge is 0.486 e. The van der Waals surface area contributed by atoms with Crippen molar-refractivity contribution in [1.82, 2.24) is 0 Å². The van der Waals surface area contributed by atoms with Gasteiger partial charge < -0.3 is 14.6 Å². The lowest BCUT2D eigenvalue weighted by atomic mass is 10.1. The van der Waals surface area contributed by atoms with Gasteiger partial charge in [0.2, 0.25) is 0 Å². The van der Waals surface area contributed by atoms with Crippen molar-refractivity contribution in [1.29, 1.82) is 0 Å². The zero-order chi connectivity index (χ0) is 10.8. The molecule has 0 spiro atoms. The van der Waals surface area contributed by atoms with E-state index in [2.05, 4.69) is 0 Å². The molecule has 3 nitrogen and oxygen atoms in total. The molecular formula is C11H13ClO3. The van der Waals surface area contributed by atoms with E-state index in [-0.39, 0.29) is 6.61 Å². The quantitative estimate of drug-likeness (QED) is 0.841. The zero-order valence-corrected chi connectivity index (χ0v) is 9.30. The van der Waals surface area contributed by atoms with Crippen molar-refractivity contribution in [3.63, 3.8) is 0 Å². The molecule has 0 saturated heterocycles. The van der Waals surface area contributed by atoms with Crippen molar-refractivity contribution in [3.05, 3.63) is 22.2 Å². The van der Waals surface area contributed by atoms with Gasteiger partial charge in [-0.2, -0.15) is 0 Å². The summed E-state index contributed by atoms with van der Waals surface area (Å²) in [6, 6.07) is 1.85. The number of aliphatic hydroxyl groups is 1. The van der Waals surface area contributed by atoms with Crippen LogP contribution in [0.3, 0.4) is 0 Å². The van der Waals surface area contributed by atoms with Crippen LogP contribution >= 0.6 is 11.6 Å². The number of halogens is 1. The maximum Gasteiger partial charge on any atom is 0.165 e. The minimum Gasteiger partial charge on any atom is -0.486 e. The van der Waals surface area contributed by atoms with Gasteiger partial charge in [0.25, 0.3) is 0 Å². The molecule has 0 saturated carbocycles. The van der Waals surface area contributed by atoms with Crippen LogP contribution in [0, 0.1) is 6.92 Å². The topological polar surface area (TPSA) is 38.7 Å². The fourth-order valence-corrected chi connectivity index (χ4v) is 1.93. The molecule has 0 fully saturated rings. The number of hydrogen-bond acceptors (Lipinski definition) is 3. The maximum absolute atomic E-state index is 8.91. The zero-order valence-electron chi connectivity index (χ0n) is 8.55. The van der Waals surface area contributed by atoms with Gasteiger partial charge in [0.05, 0.1) is 5.02 Å². The lowest BCUT2D eigenvalue weighted by molar-refractivity contribution is 0.170. The molecule has 1 N–H and O–H groups in total. The van der Waals surface area contributed by atoms with Crippen LogP contribution in [-0.4, -0.2) is 24.9 Å². The van der Waals surface area contributed by atoms with Crippen LogP contribution < -0.4 is 9.47 Å². The highest BCUT2D eigenvalue weighted by atomic mass is 35.5. The lowest BCUT2D eigenvalue weighted by Gasteiger charge is -2.22. The van der Waals surface area contributed by atoms with Gasteiger partial charge in [-0.25, -0.2) is 0 Å². The fraction of sp³-hybridized carbons (Fsp3) is 0.455. The highest BCUT2D eigenvalue weighted by molar-refractivity contribution is 6.32. The first kappa shape index (κ1) is 10.6. The number of hydrogen-bond donors (Lipinski definition) is 1. The van der Waals surface area contributed by atoms with Crippen molar-refractivity contribution < 1.29 is 14.6 Å². The van der Waals surface area contributed by atoms with E-state index >= 15 is 0 Å². The molecule has 0 amide bonds. The number of ether oxygens (including phenoxy) is 2. The van der Waals surface area contributed by atoms with Crippen molar-refractivity contribution in [2.75, 3.05) is 19.8 Å². The molecule has 82 valence electrons. The number of rotatable bonds is 2. The van der Waals surface area contributed by atoms with Crippen LogP contribution in [0.5, 0.6) is 11.5 Å². The average Bonchev–Trinajstić information content (AvgIpc) is 2.26. The summed E-state index contributed by atoms with van der Waals surface area (Å²) in [6.07, 6.45) is 0.538. The van der Waals surface area contributed by atoms with Crippen molar-refractivity contribution in [2.24, 2.45) is 0 Å². The fourth-order valence-electron chi connectivity index (χ4n) is 1.70. The first-order valence-electron chi connectivity index (χ1n) is 4.92. The normalized spacial score (nSPS) is 14.1. The van der Waals surface area contributed by atoms with Crippen LogP contribution in [0.1, 0.15) is 11.1 Å². The first-order valence-corrected chi connectivity index (χ1v) is 5.30. The minimum absolute atomic E-state index is 0.0821. The molecule has 0 aromatic heterocycles. The Bertz CT molecular complexity index is 377. The molecule has 2 rings (SSSR count). The Balaban J connectivity index is 2.47. The van der Waals surface area contributed by atoms with Gasteiger partial charge >= 0.3 is 0 Å². The summed E-state index contributed by atoms with van der Waals surface area (Å²) in [5, 5.41) is 9.57. The van der Waals surface area contributed by atoms with E-state index in [1.807, 2.05) is 13.0 Å². The third-order valence-electron chi connectivity index (χ3n) is 2.45. The second-order valence-electron chi connectivity index (χ2n) is 3.47. The van der Waals surface area contributed by atoms with Gasteiger partial charge in [-0.05, 0) is 25.0 Å². The third-order valence-corrected chi connectivity index (χ3v) is 2.98. The second kappa shape index (κ2) is 4.29. The maximum atomic E-state index is 8.91. The van der Waals surface area contributed by atoms with E-state index in [1.54, 1.807) is 0 Å². The van der Waals surface area contributed by atoms with Crippen LogP contribution in [0.4, 0.5) is 0 Å². The van der Waals surface area contributed by atoms with Crippen LogP contribution in [-0.2, 0) is 6.42 Å². The second-order valence-corrected chi connectivity index (χ2v) is 3.85. The monoisotopic (exact) mass is 228 g/mol. The highest BCUT2D eigenvalue weighted by Gasteiger charge is 2.18. The average molecular weight is 229 g/mol. The van der Waals surface area contributed by atoms with Gasteiger partial charge in [-0.3, -0.25) is 0 Å². The van der Waals surface area contributed by atoms with Crippen molar-refractivity contribution in [2.45, 2.75) is 13.3 Å². The molecule has 0 bridgehead atoms. The Morgan fingerprint density at radius 2 is 2.13 bits per heavy atom. The summed E-state index contributed by atoms with van der Waals surface area (Å²) in [6.45, 7) is 3.10. The minimum atomic E-state index is 0.0821.